The smallest absolute Gasteiger partial charge is 0.242 e. The summed E-state index contributed by atoms with van der Waals surface area (Å²) in [5.74, 6) is -0.101. The van der Waals surface area contributed by atoms with Gasteiger partial charge >= 0.3 is 0 Å². The van der Waals surface area contributed by atoms with Crippen LogP contribution in [0.4, 0.5) is 5.69 Å². The van der Waals surface area contributed by atoms with E-state index in [0.717, 1.165) is 5.69 Å². The van der Waals surface area contributed by atoms with Crippen LogP contribution < -0.4 is 10.6 Å². The molecule has 0 aliphatic heterocycles. The fraction of sp³-hybridized carbons (Fsp3) is 0.250. The van der Waals surface area contributed by atoms with Crippen molar-refractivity contribution in [3.05, 3.63) is 40.9 Å². The Hall–Kier alpha value is -1.19. The SMILES string of the molecule is C=CCNC(=O)C(C)Nc1ccc(Cl)c(Cl)c1. The standard InChI is InChI=1S/C12H14Cl2N2O/c1-3-6-15-12(17)8(2)16-9-4-5-10(13)11(14)7-9/h3-5,7-8,16H,1,6H2,2H3,(H,15,17). The first-order valence-corrected chi connectivity index (χ1v) is 5.90. The quantitative estimate of drug-likeness (QED) is 0.809. The van der Waals surface area contributed by atoms with Crippen LogP contribution in [-0.2, 0) is 4.79 Å². The molecule has 1 aromatic carbocycles. The third-order valence-corrected chi connectivity index (χ3v) is 2.86. The molecule has 1 unspecified atom stereocenters. The first kappa shape index (κ1) is 13.9. The summed E-state index contributed by atoms with van der Waals surface area (Å²) < 4.78 is 0. The molecule has 0 aliphatic carbocycles. The van der Waals surface area contributed by atoms with E-state index in [-0.39, 0.29) is 11.9 Å². The molecule has 0 saturated carbocycles. The van der Waals surface area contributed by atoms with Gasteiger partial charge in [0.1, 0.15) is 6.04 Å². The Morgan fingerprint density at radius 2 is 2.18 bits per heavy atom. The average Bonchev–Trinajstić information content (AvgIpc) is 2.30. The third kappa shape index (κ3) is 4.29. The molecule has 0 radical (unpaired) electrons. The molecule has 0 spiro atoms. The molecular formula is C12H14Cl2N2O. The molecule has 1 amide bonds. The largest absolute Gasteiger partial charge is 0.374 e. The van der Waals surface area contributed by atoms with Crippen LogP contribution in [0, 0.1) is 0 Å². The summed E-state index contributed by atoms with van der Waals surface area (Å²) in [5.41, 5.74) is 0.751. The number of halogens is 2. The van der Waals surface area contributed by atoms with Gasteiger partial charge in [-0.3, -0.25) is 4.79 Å². The summed E-state index contributed by atoms with van der Waals surface area (Å²) in [6, 6.07) is 4.78. The predicted molar refractivity (Wildman–Crippen MR) is 72.8 cm³/mol. The van der Waals surface area contributed by atoms with Crippen LogP contribution in [0.3, 0.4) is 0 Å². The van der Waals surface area contributed by atoms with Gasteiger partial charge in [0, 0.05) is 12.2 Å². The second-order valence-electron chi connectivity index (χ2n) is 3.53. The maximum Gasteiger partial charge on any atom is 0.242 e. The lowest BCUT2D eigenvalue weighted by Crippen LogP contribution is -2.37. The summed E-state index contributed by atoms with van der Waals surface area (Å²) in [4.78, 5) is 11.6. The van der Waals surface area contributed by atoms with Crippen molar-refractivity contribution in [1.29, 1.82) is 0 Å². The second-order valence-corrected chi connectivity index (χ2v) is 4.34. The van der Waals surface area contributed by atoms with Crippen molar-refractivity contribution in [3.63, 3.8) is 0 Å². The summed E-state index contributed by atoms with van der Waals surface area (Å²) in [5, 5.41) is 6.67. The van der Waals surface area contributed by atoms with Crippen molar-refractivity contribution in [1.82, 2.24) is 5.32 Å². The summed E-state index contributed by atoms with van der Waals surface area (Å²) in [7, 11) is 0. The summed E-state index contributed by atoms with van der Waals surface area (Å²) in [6.07, 6.45) is 1.63. The molecule has 3 nitrogen and oxygen atoms in total. The van der Waals surface area contributed by atoms with E-state index in [1.807, 2.05) is 0 Å². The number of hydrogen-bond donors (Lipinski definition) is 2. The fourth-order valence-corrected chi connectivity index (χ4v) is 1.53. The highest BCUT2D eigenvalue weighted by molar-refractivity contribution is 6.42. The van der Waals surface area contributed by atoms with Crippen molar-refractivity contribution in [2.45, 2.75) is 13.0 Å². The summed E-state index contributed by atoms with van der Waals surface area (Å²) in [6.45, 7) is 5.75. The van der Waals surface area contributed by atoms with Gasteiger partial charge in [0.05, 0.1) is 10.0 Å². The summed E-state index contributed by atoms with van der Waals surface area (Å²) >= 11 is 11.7. The fourth-order valence-electron chi connectivity index (χ4n) is 1.23. The molecule has 2 N–H and O–H groups in total. The van der Waals surface area contributed by atoms with Crippen molar-refractivity contribution in [3.8, 4) is 0 Å². The molecule has 5 heteroatoms. The maximum atomic E-state index is 11.6. The number of carbonyl (C=O) groups is 1. The number of nitrogens with one attached hydrogen (secondary N) is 2. The lowest BCUT2D eigenvalue weighted by Gasteiger charge is -2.15. The highest BCUT2D eigenvalue weighted by Gasteiger charge is 2.11. The van der Waals surface area contributed by atoms with Gasteiger partial charge in [0.25, 0.3) is 0 Å². The first-order chi connectivity index (χ1) is 8.04. The molecule has 0 aromatic heterocycles. The molecule has 1 rings (SSSR count). The second kappa shape index (κ2) is 6.52. The lowest BCUT2D eigenvalue weighted by atomic mass is 10.2. The Morgan fingerprint density at radius 3 is 2.76 bits per heavy atom. The Bertz CT molecular complexity index is 421. The molecule has 0 aliphatic rings. The number of amides is 1. The van der Waals surface area contributed by atoms with Crippen LogP contribution in [0.25, 0.3) is 0 Å². The van der Waals surface area contributed by atoms with E-state index in [4.69, 9.17) is 23.2 Å². The Labute approximate surface area is 111 Å². The molecule has 0 fully saturated rings. The maximum absolute atomic E-state index is 11.6. The lowest BCUT2D eigenvalue weighted by molar-refractivity contribution is -0.121. The van der Waals surface area contributed by atoms with Crippen LogP contribution in [0.2, 0.25) is 10.0 Å². The monoisotopic (exact) mass is 272 g/mol. The molecule has 0 bridgehead atoms. The molecular weight excluding hydrogens is 259 g/mol. The highest BCUT2D eigenvalue weighted by Crippen LogP contribution is 2.25. The molecule has 1 atom stereocenters. The minimum Gasteiger partial charge on any atom is -0.374 e. The Balaban J connectivity index is 2.61. The van der Waals surface area contributed by atoms with Crippen molar-refractivity contribution >= 4 is 34.8 Å². The highest BCUT2D eigenvalue weighted by atomic mass is 35.5. The normalized spacial score (nSPS) is 11.7. The Morgan fingerprint density at radius 1 is 1.47 bits per heavy atom. The number of rotatable bonds is 5. The van der Waals surface area contributed by atoms with Crippen LogP contribution in [0.15, 0.2) is 30.9 Å². The van der Waals surface area contributed by atoms with Crippen LogP contribution in [0.5, 0.6) is 0 Å². The molecule has 17 heavy (non-hydrogen) atoms. The van der Waals surface area contributed by atoms with Gasteiger partial charge in [-0.1, -0.05) is 29.3 Å². The molecule has 1 aromatic rings. The van der Waals surface area contributed by atoms with E-state index in [9.17, 15) is 4.79 Å². The topological polar surface area (TPSA) is 41.1 Å². The third-order valence-electron chi connectivity index (χ3n) is 2.12. The molecule has 0 heterocycles. The van der Waals surface area contributed by atoms with Gasteiger partial charge in [0.15, 0.2) is 0 Å². The molecule has 0 saturated heterocycles. The van der Waals surface area contributed by atoms with E-state index >= 15 is 0 Å². The zero-order valence-electron chi connectivity index (χ0n) is 9.47. The first-order valence-electron chi connectivity index (χ1n) is 5.14. The van der Waals surface area contributed by atoms with Gasteiger partial charge in [0.2, 0.25) is 5.91 Å². The number of anilines is 1. The van der Waals surface area contributed by atoms with E-state index in [1.54, 1.807) is 31.2 Å². The Kier molecular flexibility index (Phi) is 5.32. The number of benzene rings is 1. The van der Waals surface area contributed by atoms with Gasteiger partial charge in [-0.15, -0.1) is 6.58 Å². The zero-order valence-corrected chi connectivity index (χ0v) is 11.0. The van der Waals surface area contributed by atoms with Crippen LogP contribution >= 0.6 is 23.2 Å². The zero-order chi connectivity index (χ0) is 12.8. The number of hydrogen-bond acceptors (Lipinski definition) is 2. The van der Waals surface area contributed by atoms with Crippen molar-refractivity contribution in [2.24, 2.45) is 0 Å². The van der Waals surface area contributed by atoms with Crippen LogP contribution in [-0.4, -0.2) is 18.5 Å². The predicted octanol–water partition coefficient (Wildman–Crippen LogP) is 3.10. The average molecular weight is 273 g/mol. The van der Waals surface area contributed by atoms with E-state index in [2.05, 4.69) is 17.2 Å². The minimum atomic E-state index is -0.354. The van der Waals surface area contributed by atoms with E-state index in [0.29, 0.717) is 16.6 Å². The van der Waals surface area contributed by atoms with Gasteiger partial charge in [-0.2, -0.15) is 0 Å². The van der Waals surface area contributed by atoms with Gasteiger partial charge in [-0.05, 0) is 25.1 Å². The minimum absolute atomic E-state index is 0.101. The van der Waals surface area contributed by atoms with Crippen LogP contribution in [0.1, 0.15) is 6.92 Å². The van der Waals surface area contributed by atoms with Gasteiger partial charge < -0.3 is 10.6 Å². The molecule has 92 valence electrons. The van der Waals surface area contributed by atoms with Gasteiger partial charge in [-0.25, -0.2) is 0 Å². The van der Waals surface area contributed by atoms with E-state index < -0.39 is 0 Å². The number of carbonyl (C=O) groups excluding carboxylic acids is 1. The van der Waals surface area contributed by atoms with Crippen molar-refractivity contribution in [2.75, 3.05) is 11.9 Å². The van der Waals surface area contributed by atoms with Crippen molar-refractivity contribution < 1.29 is 4.79 Å². The van der Waals surface area contributed by atoms with E-state index in [1.165, 1.54) is 0 Å².